The number of benzene rings is 1. The van der Waals surface area contributed by atoms with Crippen LogP contribution in [0.3, 0.4) is 0 Å². The molecule has 1 aliphatic heterocycles. The summed E-state index contributed by atoms with van der Waals surface area (Å²) in [5.74, 6) is 0.525. The van der Waals surface area contributed by atoms with Gasteiger partial charge in [-0.2, -0.15) is 5.10 Å². The van der Waals surface area contributed by atoms with Gasteiger partial charge in [-0.05, 0) is 42.3 Å². The summed E-state index contributed by atoms with van der Waals surface area (Å²) < 4.78 is 10.8. The Labute approximate surface area is 151 Å². The first-order valence-corrected chi connectivity index (χ1v) is 8.95. The third kappa shape index (κ3) is 4.58. The van der Waals surface area contributed by atoms with Gasteiger partial charge in [-0.15, -0.1) is 11.3 Å². The molecule has 7 heteroatoms. The van der Waals surface area contributed by atoms with E-state index in [1.807, 2.05) is 23.6 Å². The highest BCUT2D eigenvalue weighted by Gasteiger charge is 2.14. The minimum absolute atomic E-state index is 0.382. The number of carbonyl (C=O) groups excluding carboxylic acids is 1. The molecule has 0 saturated carbocycles. The second-order valence-electron chi connectivity index (χ2n) is 5.78. The fourth-order valence-corrected chi connectivity index (χ4v) is 3.05. The summed E-state index contributed by atoms with van der Waals surface area (Å²) in [7, 11) is 3.67. The molecule has 0 radical (unpaired) electrons. The van der Waals surface area contributed by atoms with E-state index in [-0.39, 0.29) is 5.97 Å². The molecule has 0 unspecified atom stereocenters. The highest BCUT2D eigenvalue weighted by atomic mass is 32.1. The van der Waals surface area contributed by atoms with Gasteiger partial charge < -0.3 is 14.4 Å². The Balaban J connectivity index is 1.68. The minimum atomic E-state index is -0.382. The molecule has 0 N–H and O–H groups in total. The number of nitrogens with zero attached hydrogens (tertiary/aromatic N) is 3. The van der Waals surface area contributed by atoms with E-state index >= 15 is 0 Å². The van der Waals surface area contributed by atoms with Crippen molar-refractivity contribution < 1.29 is 14.3 Å². The molecule has 0 bridgehead atoms. The molecule has 132 valence electrons. The van der Waals surface area contributed by atoms with Gasteiger partial charge in [-0.1, -0.05) is 6.07 Å². The van der Waals surface area contributed by atoms with Gasteiger partial charge in [-0.3, -0.25) is 5.01 Å². The van der Waals surface area contributed by atoms with Crippen molar-refractivity contribution in [2.75, 3.05) is 40.3 Å². The van der Waals surface area contributed by atoms with Gasteiger partial charge in [0, 0.05) is 26.2 Å². The van der Waals surface area contributed by atoms with Gasteiger partial charge in [-0.25, -0.2) is 4.79 Å². The number of rotatable bonds is 5. The molecular weight excluding hydrogens is 338 g/mol. The lowest BCUT2D eigenvalue weighted by Gasteiger charge is -2.30. The number of methoxy groups -OCH3 is 1. The van der Waals surface area contributed by atoms with E-state index in [0.29, 0.717) is 16.4 Å². The molecule has 0 spiro atoms. The molecule has 25 heavy (non-hydrogen) atoms. The fraction of sp³-hybridized carbons (Fsp3) is 0.333. The summed E-state index contributed by atoms with van der Waals surface area (Å²) in [6.07, 6.45) is 1.80. The first kappa shape index (κ1) is 17.4. The molecule has 0 atom stereocenters. The molecule has 1 aliphatic rings. The summed E-state index contributed by atoms with van der Waals surface area (Å²) in [6, 6.07) is 8.96. The average molecular weight is 359 g/mol. The SMILES string of the molecule is COc1cc(C=NN2CCN(C)CC2)ccc1OC(=O)c1cccs1. The summed E-state index contributed by atoms with van der Waals surface area (Å²) in [5, 5.41) is 8.41. The number of hydrazone groups is 1. The van der Waals surface area contributed by atoms with Crippen LogP contribution in [0.2, 0.25) is 0 Å². The van der Waals surface area contributed by atoms with Crippen molar-refractivity contribution in [2.45, 2.75) is 0 Å². The Kier molecular flexibility index (Phi) is 5.67. The van der Waals surface area contributed by atoms with Gasteiger partial charge in [0.1, 0.15) is 4.88 Å². The third-order valence-electron chi connectivity index (χ3n) is 3.96. The lowest BCUT2D eigenvalue weighted by Crippen LogP contribution is -2.41. The number of ether oxygens (including phenoxy) is 2. The van der Waals surface area contributed by atoms with E-state index < -0.39 is 0 Å². The van der Waals surface area contributed by atoms with Crippen LogP contribution in [-0.2, 0) is 0 Å². The van der Waals surface area contributed by atoms with Crippen LogP contribution in [0.25, 0.3) is 0 Å². The molecule has 1 fully saturated rings. The molecule has 2 heterocycles. The molecule has 1 saturated heterocycles. The van der Waals surface area contributed by atoms with Crippen LogP contribution in [0.1, 0.15) is 15.2 Å². The molecule has 3 rings (SSSR count). The Bertz CT molecular complexity index is 738. The number of hydrogen-bond donors (Lipinski definition) is 0. The number of esters is 1. The van der Waals surface area contributed by atoms with Crippen molar-refractivity contribution in [3.05, 3.63) is 46.2 Å². The minimum Gasteiger partial charge on any atom is -0.493 e. The quantitative estimate of drug-likeness (QED) is 0.467. The van der Waals surface area contributed by atoms with E-state index in [0.717, 1.165) is 31.7 Å². The van der Waals surface area contributed by atoms with Crippen LogP contribution in [-0.4, -0.2) is 62.4 Å². The lowest BCUT2D eigenvalue weighted by molar-refractivity contribution is 0.0735. The van der Waals surface area contributed by atoms with Crippen LogP contribution < -0.4 is 9.47 Å². The zero-order chi connectivity index (χ0) is 17.6. The summed E-state index contributed by atoms with van der Waals surface area (Å²) in [6.45, 7) is 3.86. The Hall–Kier alpha value is -2.38. The molecule has 2 aromatic rings. The number of piperazine rings is 1. The zero-order valence-corrected chi connectivity index (χ0v) is 15.2. The predicted molar refractivity (Wildman–Crippen MR) is 98.9 cm³/mol. The second-order valence-corrected chi connectivity index (χ2v) is 6.73. The first-order chi connectivity index (χ1) is 12.2. The Morgan fingerprint density at radius 2 is 2.00 bits per heavy atom. The van der Waals surface area contributed by atoms with Gasteiger partial charge >= 0.3 is 5.97 Å². The van der Waals surface area contributed by atoms with Crippen LogP contribution in [0.4, 0.5) is 0 Å². The van der Waals surface area contributed by atoms with Gasteiger partial charge in [0.25, 0.3) is 0 Å². The van der Waals surface area contributed by atoms with Crippen LogP contribution >= 0.6 is 11.3 Å². The number of thiophene rings is 1. The molecule has 0 amide bonds. The van der Waals surface area contributed by atoms with Crippen molar-refractivity contribution in [1.29, 1.82) is 0 Å². The molecular formula is C18H21N3O3S. The van der Waals surface area contributed by atoms with E-state index in [4.69, 9.17) is 9.47 Å². The summed E-state index contributed by atoms with van der Waals surface area (Å²) in [5.41, 5.74) is 0.895. The molecule has 0 aliphatic carbocycles. The van der Waals surface area contributed by atoms with Gasteiger partial charge in [0.2, 0.25) is 0 Å². The number of hydrogen-bond acceptors (Lipinski definition) is 7. The average Bonchev–Trinajstić information content (AvgIpc) is 3.17. The van der Waals surface area contributed by atoms with Crippen molar-refractivity contribution in [2.24, 2.45) is 5.10 Å². The van der Waals surface area contributed by atoms with Gasteiger partial charge in [0.15, 0.2) is 11.5 Å². The first-order valence-electron chi connectivity index (χ1n) is 8.07. The fourth-order valence-electron chi connectivity index (χ4n) is 2.45. The molecule has 1 aromatic carbocycles. The van der Waals surface area contributed by atoms with Crippen molar-refractivity contribution in [3.63, 3.8) is 0 Å². The standard InChI is InChI=1S/C18H21N3O3S/c1-20-7-9-21(10-8-20)19-13-14-5-6-15(16(12-14)23-2)24-18(22)17-4-3-11-25-17/h3-6,11-13H,7-10H2,1-2H3. The van der Waals surface area contributed by atoms with Crippen LogP contribution in [0, 0.1) is 0 Å². The summed E-state index contributed by atoms with van der Waals surface area (Å²) in [4.78, 5) is 14.9. The van der Waals surface area contributed by atoms with Crippen LogP contribution in [0.15, 0.2) is 40.8 Å². The molecule has 6 nitrogen and oxygen atoms in total. The normalized spacial score (nSPS) is 15.5. The van der Waals surface area contributed by atoms with Gasteiger partial charge in [0.05, 0.1) is 13.3 Å². The molecule has 1 aromatic heterocycles. The largest absolute Gasteiger partial charge is 0.493 e. The van der Waals surface area contributed by atoms with Crippen molar-refractivity contribution >= 4 is 23.5 Å². The highest BCUT2D eigenvalue weighted by Crippen LogP contribution is 2.28. The summed E-state index contributed by atoms with van der Waals surface area (Å²) >= 11 is 1.35. The van der Waals surface area contributed by atoms with Crippen LogP contribution in [0.5, 0.6) is 11.5 Å². The monoisotopic (exact) mass is 359 g/mol. The van der Waals surface area contributed by atoms with Crippen molar-refractivity contribution in [1.82, 2.24) is 9.91 Å². The second kappa shape index (κ2) is 8.13. The predicted octanol–water partition coefficient (Wildman–Crippen LogP) is 2.56. The van der Waals surface area contributed by atoms with E-state index in [9.17, 15) is 4.79 Å². The Morgan fingerprint density at radius 3 is 2.68 bits per heavy atom. The maximum absolute atomic E-state index is 12.1. The smallest absolute Gasteiger partial charge is 0.353 e. The third-order valence-corrected chi connectivity index (χ3v) is 4.81. The van der Waals surface area contributed by atoms with Crippen molar-refractivity contribution in [3.8, 4) is 11.5 Å². The lowest BCUT2D eigenvalue weighted by atomic mass is 10.2. The maximum Gasteiger partial charge on any atom is 0.353 e. The van der Waals surface area contributed by atoms with E-state index in [1.54, 1.807) is 25.5 Å². The zero-order valence-electron chi connectivity index (χ0n) is 14.3. The Morgan fingerprint density at radius 1 is 1.20 bits per heavy atom. The maximum atomic E-state index is 12.1. The van der Waals surface area contributed by atoms with E-state index in [1.165, 1.54) is 11.3 Å². The number of likely N-dealkylation sites (N-methyl/N-ethyl adjacent to an activating group) is 1. The topological polar surface area (TPSA) is 54.4 Å². The number of carbonyl (C=O) groups is 1. The van der Waals surface area contributed by atoms with E-state index in [2.05, 4.69) is 22.1 Å². The highest BCUT2D eigenvalue weighted by molar-refractivity contribution is 7.12.